The van der Waals surface area contributed by atoms with Crippen LogP contribution in [0.25, 0.3) is 16.9 Å². The van der Waals surface area contributed by atoms with E-state index in [1.54, 1.807) is 17.7 Å². The van der Waals surface area contributed by atoms with Crippen LogP contribution >= 0.6 is 0 Å². The summed E-state index contributed by atoms with van der Waals surface area (Å²) < 4.78 is 6.88. The van der Waals surface area contributed by atoms with Crippen molar-refractivity contribution >= 4 is 11.9 Å². The molecular weight excluding hydrogens is 402 g/mol. The van der Waals surface area contributed by atoms with E-state index in [4.69, 9.17) is 4.74 Å². The molecule has 0 spiro atoms. The van der Waals surface area contributed by atoms with Crippen molar-refractivity contribution in [1.82, 2.24) is 14.7 Å². The molecule has 0 aliphatic carbocycles. The number of carbonyl (C=O) groups is 2. The highest BCUT2D eigenvalue weighted by molar-refractivity contribution is 5.95. The Kier molecular flexibility index (Phi) is 5.95. The zero-order chi connectivity index (χ0) is 22.8. The van der Waals surface area contributed by atoms with Gasteiger partial charge in [0.25, 0.3) is 5.91 Å². The van der Waals surface area contributed by atoms with E-state index < -0.39 is 5.97 Å². The first kappa shape index (κ1) is 21.6. The van der Waals surface area contributed by atoms with Crippen molar-refractivity contribution in [2.75, 3.05) is 6.61 Å². The Balaban J connectivity index is 1.72. The molecule has 4 rings (SSSR count). The van der Waals surface area contributed by atoms with Crippen molar-refractivity contribution in [2.24, 2.45) is 0 Å². The second kappa shape index (κ2) is 8.83. The Hall–Kier alpha value is -3.67. The average molecular weight is 430 g/mol. The highest BCUT2D eigenvalue weighted by Gasteiger charge is 2.28. The second-order valence-corrected chi connectivity index (χ2v) is 7.99. The SMILES string of the molecule is CCOC(=O)c1cc(-c2ccccc2C)n(-c2ccc(C(=O)N3C(C)C=CC3C)cc2)n1. The van der Waals surface area contributed by atoms with Gasteiger partial charge < -0.3 is 9.64 Å². The third kappa shape index (κ3) is 3.96. The molecule has 32 heavy (non-hydrogen) atoms. The van der Waals surface area contributed by atoms with Crippen LogP contribution < -0.4 is 0 Å². The van der Waals surface area contributed by atoms with Gasteiger partial charge in [-0.15, -0.1) is 0 Å². The molecule has 0 bridgehead atoms. The molecule has 0 N–H and O–H groups in total. The van der Waals surface area contributed by atoms with Crippen molar-refractivity contribution in [2.45, 2.75) is 39.8 Å². The number of rotatable bonds is 5. The molecule has 6 nitrogen and oxygen atoms in total. The lowest BCUT2D eigenvalue weighted by Gasteiger charge is -2.26. The summed E-state index contributed by atoms with van der Waals surface area (Å²) in [5, 5.41) is 4.53. The van der Waals surface area contributed by atoms with Gasteiger partial charge in [-0.3, -0.25) is 4.79 Å². The normalized spacial score (nSPS) is 17.6. The molecule has 1 aliphatic rings. The van der Waals surface area contributed by atoms with Crippen molar-refractivity contribution in [3.8, 4) is 16.9 Å². The summed E-state index contributed by atoms with van der Waals surface area (Å²) in [7, 11) is 0. The van der Waals surface area contributed by atoms with Crippen LogP contribution in [0, 0.1) is 6.92 Å². The van der Waals surface area contributed by atoms with Crippen LogP contribution in [-0.4, -0.2) is 45.2 Å². The number of hydrogen-bond donors (Lipinski definition) is 0. The van der Waals surface area contributed by atoms with Gasteiger partial charge in [0.05, 0.1) is 18.0 Å². The van der Waals surface area contributed by atoms with Crippen LogP contribution in [0.4, 0.5) is 0 Å². The number of hydrogen-bond acceptors (Lipinski definition) is 4. The minimum absolute atomic E-state index is 0.00615. The third-order valence-corrected chi connectivity index (χ3v) is 5.75. The molecule has 0 saturated heterocycles. The molecule has 1 aliphatic heterocycles. The lowest BCUT2D eigenvalue weighted by Crippen LogP contribution is -2.39. The molecule has 0 radical (unpaired) electrons. The lowest BCUT2D eigenvalue weighted by atomic mass is 10.1. The molecule has 2 unspecified atom stereocenters. The molecule has 2 aromatic carbocycles. The first-order valence-electron chi connectivity index (χ1n) is 10.8. The fourth-order valence-corrected chi connectivity index (χ4v) is 4.08. The maximum Gasteiger partial charge on any atom is 0.358 e. The number of nitrogens with zero attached hydrogens (tertiary/aromatic N) is 3. The van der Waals surface area contributed by atoms with Gasteiger partial charge in [0.15, 0.2) is 5.69 Å². The van der Waals surface area contributed by atoms with Gasteiger partial charge in [-0.1, -0.05) is 36.4 Å². The van der Waals surface area contributed by atoms with Crippen LogP contribution in [0.3, 0.4) is 0 Å². The number of ether oxygens (including phenoxy) is 1. The van der Waals surface area contributed by atoms with Gasteiger partial charge in [-0.2, -0.15) is 5.10 Å². The van der Waals surface area contributed by atoms with Gasteiger partial charge in [0, 0.05) is 23.2 Å². The van der Waals surface area contributed by atoms with Crippen molar-refractivity contribution in [1.29, 1.82) is 0 Å². The highest BCUT2D eigenvalue weighted by Crippen LogP contribution is 2.28. The summed E-state index contributed by atoms with van der Waals surface area (Å²) in [4.78, 5) is 27.2. The summed E-state index contributed by atoms with van der Waals surface area (Å²) in [5.41, 5.74) is 4.46. The standard InChI is InChI=1S/C26H27N3O3/c1-5-32-26(31)23-16-24(22-9-7-6-8-17(22)2)29(27-23)21-14-12-20(13-15-21)25(30)28-18(3)10-11-19(28)4/h6-16,18-19H,5H2,1-4H3. The Bertz CT molecular complexity index is 1170. The van der Waals surface area contributed by atoms with Gasteiger partial charge in [-0.05, 0) is 63.6 Å². The minimum atomic E-state index is -0.461. The quantitative estimate of drug-likeness (QED) is 0.431. The molecule has 3 aromatic rings. The lowest BCUT2D eigenvalue weighted by molar-refractivity contribution is 0.0518. The van der Waals surface area contributed by atoms with E-state index in [1.165, 1.54) is 0 Å². The van der Waals surface area contributed by atoms with Gasteiger partial charge in [0.1, 0.15) is 0 Å². The fraction of sp³-hybridized carbons (Fsp3) is 0.269. The molecule has 6 heteroatoms. The molecule has 1 amide bonds. The molecule has 2 atom stereocenters. The van der Waals surface area contributed by atoms with Crippen molar-refractivity contribution in [3.63, 3.8) is 0 Å². The number of benzene rings is 2. The zero-order valence-electron chi connectivity index (χ0n) is 18.8. The van der Waals surface area contributed by atoms with Crippen molar-refractivity contribution < 1.29 is 14.3 Å². The van der Waals surface area contributed by atoms with Gasteiger partial charge in [-0.25, -0.2) is 9.48 Å². The van der Waals surface area contributed by atoms with E-state index in [0.29, 0.717) is 5.56 Å². The minimum Gasteiger partial charge on any atom is -0.461 e. The molecule has 0 saturated carbocycles. The maximum absolute atomic E-state index is 13.0. The predicted octanol–water partition coefficient (Wildman–Crippen LogP) is 4.81. The average Bonchev–Trinajstić information content (AvgIpc) is 3.37. The number of aryl methyl sites for hydroxylation is 1. The molecule has 164 valence electrons. The third-order valence-electron chi connectivity index (χ3n) is 5.75. The van der Waals surface area contributed by atoms with E-state index in [9.17, 15) is 9.59 Å². The van der Waals surface area contributed by atoms with Crippen LogP contribution in [0.1, 0.15) is 47.2 Å². The van der Waals surface area contributed by atoms with Gasteiger partial charge >= 0.3 is 5.97 Å². The summed E-state index contributed by atoms with van der Waals surface area (Å²) in [6.45, 7) is 8.10. The summed E-state index contributed by atoms with van der Waals surface area (Å²) in [6.07, 6.45) is 4.10. The summed E-state index contributed by atoms with van der Waals surface area (Å²) in [5.74, 6) is -0.467. The van der Waals surface area contributed by atoms with Gasteiger partial charge in [0.2, 0.25) is 0 Å². The topological polar surface area (TPSA) is 64.4 Å². The maximum atomic E-state index is 13.0. The van der Waals surface area contributed by atoms with Crippen LogP contribution in [0.2, 0.25) is 0 Å². The predicted molar refractivity (Wildman–Crippen MR) is 124 cm³/mol. The monoisotopic (exact) mass is 429 g/mol. The van der Waals surface area contributed by atoms with E-state index in [0.717, 1.165) is 22.5 Å². The molecule has 2 heterocycles. The number of amides is 1. The van der Waals surface area contributed by atoms with Crippen LogP contribution in [0.15, 0.2) is 66.7 Å². The summed E-state index contributed by atoms with van der Waals surface area (Å²) in [6, 6.07) is 17.2. The molecule has 0 fully saturated rings. The van der Waals surface area contributed by atoms with Crippen molar-refractivity contribution in [3.05, 3.63) is 83.6 Å². The first-order chi connectivity index (χ1) is 15.4. The Morgan fingerprint density at radius 1 is 1.00 bits per heavy atom. The van der Waals surface area contributed by atoms with E-state index >= 15 is 0 Å². The van der Waals surface area contributed by atoms with E-state index in [1.807, 2.05) is 86.4 Å². The largest absolute Gasteiger partial charge is 0.461 e. The molecular formula is C26H27N3O3. The number of aromatic nitrogens is 2. The molecule has 1 aromatic heterocycles. The van der Waals surface area contributed by atoms with Crippen LogP contribution in [0.5, 0.6) is 0 Å². The van der Waals surface area contributed by atoms with E-state index in [2.05, 4.69) is 5.10 Å². The second-order valence-electron chi connectivity index (χ2n) is 7.99. The highest BCUT2D eigenvalue weighted by atomic mass is 16.5. The summed E-state index contributed by atoms with van der Waals surface area (Å²) >= 11 is 0. The number of esters is 1. The number of carbonyl (C=O) groups excluding carboxylic acids is 2. The Morgan fingerprint density at radius 2 is 1.66 bits per heavy atom. The Morgan fingerprint density at radius 3 is 2.28 bits per heavy atom. The zero-order valence-corrected chi connectivity index (χ0v) is 18.8. The van der Waals surface area contributed by atoms with Crippen LogP contribution in [-0.2, 0) is 4.74 Å². The smallest absolute Gasteiger partial charge is 0.358 e. The fourth-order valence-electron chi connectivity index (χ4n) is 4.08. The Labute approximate surface area is 188 Å². The first-order valence-corrected chi connectivity index (χ1v) is 10.8. The van der Waals surface area contributed by atoms with E-state index in [-0.39, 0.29) is 30.3 Å².